The Balaban J connectivity index is 4.31. The summed E-state index contributed by atoms with van der Waals surface area (Å²) < 4.78 is 4.77. The number of carbonyl (C=O) groups is 2. The van der Waals surface area contributed by atoms with E-state index in [4.69, 9.17) is 4.74 Å². The molecule has 112 valence electrons. The molecule has 0 heterocycles. The van der Waals surface area contributed by atoms with Gasteiger partial charge in [0.2, 0.25) is 0 Å². The Kier molecular flexibility index (Phi) is 7.68. The fraction of sp³-hybridized carbons (Fsp3) is 0.857. The molecule has 5 heteroatoms. The summed E-state index contributed by atoms with van der Waals surface area (Å²) in [5.74, 6) is -1.38. The van der Waals surface area contributed by atoms with Crippen molar-refractivity contribution in [2.24, 2.45) is 11.3 Å². The fourth-order valence-corrected chi connectivity index (χ4v) is 1.76. The molecule has 5 nitrogen and oxygen atoms in total. The summed E-state index contributed by atoms with van der Waals surface area (Å²) in [5.41, 5.74) is 0.179. The van der Waals surface area contributed by atoms with E-state index in [1.807, 2.05) is 6.92 Å². The first-order chi connectivity index (χ1) is 8.67. The number of aliphatic carboxylic acids is 1. The second-order valence-electron chi connectivity index (χ2n) is 6.08. The summed E-state index contributed by atoms with van der Waals surface area (Å²) in [7, 11) is 0. The molecular formula is C14H27NO4. The van der Waals surface area contributed by atoms with Crippen LogP contribution in [-0.2, 0) is 14.3 Å². The molecule has 0 aromatic carbocycles. The summed E-state index contributed by atoms with van der Waals surface area (Å²) in [6, 6.07) is -0.716. The second-order valence-corrected chi connectivity index (χ2v) is 6.08. The van der Waals surface area contributed by atoms with Gasteiger partial charge >= 0.3 is 11.9 Å². The Labute approximate surface area is 115 Å². The van der Waals surface area contributed by atoms with Crippen LogP contribution in [0.5, 0.6) is 0 Å². The van der Waals surface area contributed by atoms with E-state index >= 15 is 0 Å². The monoisotopic (exact) mass is 273 g/mol. The third kappa shape index (κ3) is 8.59. The maximum absolute atomic E-state index is 11.2. The van der Waals surface area contributed by atoms with Crippen molar-refractivity contribution in [2.75, 3.05) is 13.2 Å². The van der Waals surface area contributed by atoms with Gasteiger partial charge < -0.3 is 9.84 Å². The summed E-state index contributed by atoms with van der Waals surface area (Å²) in [4.78, 5) is 22.5. The molecule has 0 unspecified atom stereocenters. The number of carboxylic acids is 1. The molecule has 0 rings (SSSR count). The summed E-state index contributed by atoms with van der Waals surface area (Å²) in [5, 5.41) is 12.0. The molecule has 0 aromatic rings. The van der Waals surface area contributed by atoms with E-state index in [9.17, 15) is 14.7 Å². The van der Waals surface area contributed by atoms with Crippen LogP contribution in [0.25, 0.3) is 0 Å². The van der Waals surface area contributed by atoms with E-state index in [2.05, 4.69) is 26.1 Å². The lowest BCUT2D eigenvalue weighted by molar-refractivity contribution is -0.144. The van der Waals surface area contributed by atoms with Gasteiger partial charge in [0.1, 0.15) is 6.04 Å². The molecule has 0 aliphatic carbocycles. The van der Waals surface area contributed by atoms with Crippen LogP contribution in [0.3, 0.4) is 0 Å². The van der Waals surface area contributed by atoms with E-state index in [0.29, 0.717) is 6.61 Å². The third-order valence-electron chi connectivity index (χ3n) is 2.96. The molecule has 0 aliphatic heterocycles. The molecule has 0 saturated carbocycles. The Morgan fingerprint density at radius 3 is 2.32 bits per heavy atom. The first-order valence-electron chi connectivity index (χ1n) is 6.79. The van der Waals surface area contributed by atoms with Crippen molar-refractivity contribution in [3.05, 3.63) is 0 Å². The molecule has 0 bridgehead atoms. The molecule has 19 heavy (non-hydrogen) atoms. The molecule has 0 saturated heterocycles. The minimum atomic E-state index is -0.925. The summed E-state index contributed by atoms with van der Waals surface area (Å²) in [6.07, 6.45) is 1.75. The highest BCUT2D eigenvalue weighted by molar-refractivity contribution is 5.76. The zero-order chi connectivity index (χ0) is 15.1. The molecule has 0 fully saturated rings. The van der Waals surface area contributed by atoms with Crippen molar-refractivity contribution in [1.29, 1.82) is 0 Å². The van der Waals surface area contributed by atoms with Gasteiger partial charge in [0.25, 0.3) is 0 Å². The first kappa shape index (κ1) is 17.9. The Bertz CT molecular complexity index is 296. The largest absolute Gasteiger partial charge is 0.480 e. The molecular weight excluding hydrogens is 246 g/mol. The van der Waals surface area contributed by atoms with E-state index in [-0.39, 0.29) is 17.9 Å². The van der Waals surface area contributed by atoms with Gasteiger partial charge in [-0.3, -0.25) is 14.9 Å². The minimum Gasteiger partial charge on any atom is -0.480 e. The molecule has 2 atom stereocenters. The number of esters is 1. The van der Waals surface area contributed by atoms with Gasteiger partial charge in [-0.25, -0.2) is 0 Å². The van der Waals surface area contributed by atoms with Crippen molar-refractivity contribution >= 4 is 11.9 Å². The zero-order valence-electron chi connectivity index (χ0n) is 12.7. The fourth-order valence-electron chi connectivity index (χ4n) is 1.76. The number of carbonyl (C=O) groups excluding carboxylic acids is 1. The third-order valence-corrected chi connectivity index (χ3v) is 2.96. The standard InChI is InChI=1S/C14H27NO4/c1-6-19-11(16)9-15-12(13(17)18)10(2)7-8-14(3,4)5/h10,12,15H,6-9H2,1-5H3,(H,17,18)/t10-,12-/m0/s1. The predicted molar refractivity (Wildman–Crippen MR) is 73.9 cm³/mol. The lowest BCUT2D eigenvalue weighted by atomic mass is 9.85. The van der Waals surface area contributed by atoms with E-state index < -0.39 is 18.0 Å². The van der Waals surface area contributed by atoms with Crippen LogP contribution < -0.4 is 5.32 Å². The highest BCUT2D eigenvalue weighted by Gasteiger charge is 2.26. The highest BCUT2D eigenvalue weighted by atomic mass is 16.5. The van der Waals surface area contributed by atoms with Crippen molar-refractivity contribution < 1.29 is 19.4 Å². The average molecular weight is 273 g/mol. The van der Waals surface area contributed by atoms with Gasteiger partial charge in [-0.05, 0) is 31.1 Å². The predicted octanol–water partition coefficient (Wildman–Crippen LogP) is 2.05. The molecule has 0 aromatic heterocycles. The van der Waals surface area contributed by atoms with E-state index in [1.165, 1.54) is 0 Å². The van der Waals surface area contributed by atoms with Crippen LogP contribution in [0, 0.1) is 11.3 Å². The molecule has 0 radical (unpaired) electrons. The maximum Gasteiger partial charge on any atom is 0.320 e. The molecule has 0 aliphatic rings. The lowest BCUT2D eigenvalue weighted by Gasteiger charge is -2.25. The number of ether oxygens (including phenoxy) is 1. The van der Waals surface area contributed by atoms with Gasteiger partial charge in [-0.1, -0.05) is 27.7 Å². The molecule has 0 amide bonds. The van der Waals surface area contributed by atoms with Crippen molar-refractivity contribution in [3.63, 3.8) is 0 Å². The SMILES string of the molecule is CCOC(=O)CN[C@H](C(=O)O)[C@@H](C)CCC(C)(C)C. The van der Waals surface area contributed by atoms with Crippen LogP contribution in [0.15, 0.2) is 0 Å². The lowest BCUT2D eigenvalue weighted by Crippen LogP contribution is -2.44. The number of hydrogen-bond acceptors (Lipinski definition) is 4. The van der Waals surface area contributed by atoms with Crippen molar-refractivity contribution in [2.45, 2.75) is 53.5 Å². The van der Waals surface area contributed by atoms with Crippen molar-refractivity contribution in [1.82, 2.24) is 5.32 Å². The number of rotatable bonds is 8. The molecule has 0 spiro atoms. The smallest absolute Gasteiger partial charge is 0.320 e. The van der Waals surface area contributed by atoms with Gasteiger partial charge in [-0.2, -0.15) is 0 Å². The van der Waals surface area contributed by atoms with Crippen LogP contribution >= 0.6 is 0 Å². The summed E-state index contributed by atoms with van der Waals surface area (Å²) in [6.45, 7) is 10.2. The average Bonchev–Trinajstić information content (AvgIpc) is 2.25. The number of nitrogens with one attached hydrogen (secondary N) is 1. The summed E-state index contributed by atoms with van der Waals surface area (Å²) >= 11 is 0. The van der Waals surface area contributed by atoms with E-state index in [0.717, 1.165) is 12.8 Å². The van der Waals surface area contributed by atoms with Gasteiger partial charge in [0.05, 0.1) is 13.2 Å². The first-order valence-corrected chi connectivity index (χ1v) is 6.79. The van der Waals surface area contributed by atoms with Gasteiger partial charge in [0, 0.05) is 0 Å². The van der Waals surface area contributed by atoms with Crippen LogP contribution in [0.1, 0.15) is 47.5 Å². The van der Waals surface area contributed by atoms with Crippen LogP contribution in [0.4, 0.5) is 0 Å². The number of hydrogen-bond donors (Lipinski definition) is 2. The Morgan fingerprint density at radius 2 is 1.89 bits per heavy atom. The quantitative estimate of drug-likeness (QED) is 0.662. The normalized spacial score (nSPS) is 14.8. The Hall–Kier alpha value is -1.10. The number of carboxylic acid groups (broad SMARTS) is 1. The second kappa shape index (κ2) is 8.15. The van der Waals surface area contributed by atoms with Gasteiger partial charge in [0.15, 0.2) is 0 Å². The topological polar surface area (TPSA) is 75.6 Å². The van der Waals surface area contributed by atoms with E-state index in [1.54, 1.807) is 6.92 Å². The minimum absolute atomic E-state index is 0.0360. The van der Waals surface area contributed by atoms with Crippen LogP contribution in [0.2, 0.25) is 0 Å². The van der Waals surface area contributed by atoms with Crippen LogP contribution in [-0.4, -0.2) is 36.2 Å². The Morgan fingerprint density at radius 1 is 1.32 bits per heavy atom. The molecule has 2 N–H and O–H groups in total. The maximum atomic E-state index is 11.2. The highest BCUT2D eigenvalue weighted by Crippen LogP contribution is 2.24. The zero-order valence-corrected chi connectivity index (χ0v) is 12.7. The van der Waals surface area contributed by atoms with Gasteiger partial charge in [-0.15, -0.1) is 0 Å². The van der Waals surface area contributed by atoms with Crippen molar-refractivity contribution in [3.8, 4) is 0 Å².